The number of hydrogen-bond acceptors (Lipinski definition) is 0. The summed E-state index contributed by atoms with van der Waals surface area (Å²) in [7, 11) is 0. The fourth-order valence-corrected chi connectivity index (χ4v) is 2.51. The number of rotatable bonds is 1. The molecule has 1 aromatic carbocycles. The summed E-state index contributed by atoms with van der Waals surface area (Å²) in [6.07, 6.45) is 6.98. The van der Waals surface area contributed by atoms with Gasteiger partial charge < -0.3 is 4.57 Å². The van der Waals surface area contributed by atoms with Crippen LogP contribution in [0.15, 0.2) is 48.2 Å². The smallest absolute Gasteiger partial charge is 0.0483 e. The molecule has 3 rings (SSSR count). The van der Waals surface area contributed by atoms with Crippen molar-refractivity contribution >= 4 is 10.9 Å². The second-order valence-corrected chi connectivity index (χ2v) is 4.43. The molecule has 1 heterocycles. The molecule has 0 radical (unpaired) electrons. The first-order valence-electron chi connectivity index (χ1n) is 5.56. The van der Waals surface area contributed by atoms with Crippen LogP contribution in [0.2, 0.25) is 0 Å². The van der Waals surface area contributed by atoms with Crippen LogP contribution in [0.3, 0.4) is 0 Å². The Labute approximate surface area is 90.0 Å². The second-order valence-electron chi connectivity index (χ2n) is 4.43. The van der Waals surface area contributed by atoms with E-state index >= 15 is 0 Å². The van der Waals surface area contributed by atoms with Gasteiger partial charge in [-0.15, -0.1) is 0 Å². The number of hydrogen-bond donors (Lipinski definition) is 0. The number of para-hydroxylation sites is 1. The van der Waals surface area contributed by atoms with Gasteiger partial charge >= 0.3 is 0 Å². The van der Waals surface area contributed by atoms with E-state index in [2.05, 4.69) is 54.1 Å². The molecule has 1 heteroatoms. The summed E-state index contributed by atoms with van der Waals surface area (Å²) in [5.41, 5.74) is 2.89. The molecule has 0 saturated heterocycles. The summed E-state index contributed by atoms with van der Waals surface area (Å²) in [4.78, 5) is 0. The topological polar surface area (TPSA) is 4.93 Å². The Kier molecular flexibility index (Phi) is 1.91. The Balaban J connectivity index is 2.05. The lowest BCUT2D eigenvalue weighted by Crippen LogP contribution is -2.03. The van der Waals surface area contributed by atoms with E-state index in [1.807, 2.05) is 0 Å². The molecule has 1 atom stereocenters. The number of allylic oxidation sites excluding steroid dienone is 2. The molecular formula is C14H15N. The molecule has 76 valence electrons. The van der Waals surface area contributed by atoms with Gasteiger partial charge in [0, 0.05) is 17.8 Å². The molecule has 1 aliphatic carbocycles. The maximum atomic E-state index is 2.42. The molecule has 0 fully saturated rings. The fraction of sp³-hybridized carbons (Fsp3) is 0.286. The first kappa shape index (κ1) is 8.78. The molecule has 1 aromatic heterocycles. The van der Waals surface area contributed by atoms with E-state index in [1.54, 1.807) is 0 Å². The average Bonchev–Trinajstić information content (AvgIpc) is 2.83. The third-order valence-corrected chi connectivity index (χ3v) is 3.32. The van der Waals surface area contributed by atoms with Gasteiger partial charge in [-0.3, -0.25) is 0 Å². The Morgan fingerprint density at radius 1 is 1.20 bits per heavy atom. The highest BCUT2D eigenvalue weighted by Gasteiger charge is 2.16. The van der Waals surface area contributed by atoms with Crippen LogP contribution in [0.4, 0.5) is 0 Å². The number of fused-ring (bicyclic) bond motifs is 1. The van der Waals surface area contributed by atoms with Crippen LogP contribution in [0.5, 0.6) is 0 Å². The van der Waals surface area contributed by atoms with Crippen LogP contribution >= 0.6 is 0 Å². The zero-order valence-corrected chi connectivity index (χ0v) is 8.98. The zero-order valence-electron chi connectivity index (χ0n) is 8.98. The van der Waals surface area contributed by atoms with E-state index in [0.29, 0.717) is 6.04 Å². The van der Waals surface area contributed by atoms with Gasteiger partial charge in [0.2, 0.25) is 0 Å². The van der Waals surface area contributed by atoms with E-state index < -0.39 is 0 Å². The summed E-state index contributed by atoms with van der Waals surface area (Å²) >= 11 is 0. The van der Waals surface area contributed by atoms with Crippen molar-refractivity contribution in [1.82, 2.24) is 4.57 Å². The third kappa shape index (κ3) is 1.39. The van der Waals surface area contributed by atoms with E-state index in [0.717, 1.165) is 0 Å². The van der Waals surface area contributed by atoms with Crippen molar-refractivity contribution in [3.05, 3.63) is 48.2 Å². The van der Waals surface area contributed by atoms with Crippen molar-refractivity contribution in [1.29, 1.82) is 0 Å². The first-order valence-corrected chi connectivity index (χ1v) is 5.56. The lowest BCUT2D eigenvalue weighted by atomic mass is 10.2. The van der Waals surface area contributed by atoms with Crippen molar-refractivity contribution in [2.75, 3.05) is 0 Å². The monoisotopic (exact) mass is 197 g/mol. The van der Waals surface area contributed by atoms with Gasteiger partial charge in [0.15, 0.2) is 0 Å². The van der Waals surface area contributed by atoms with Crippen molar-refractivity contribution in [3.63, 3.8) is 0 Å². The molecule has 0 amide bonds. The summed E-state index contributed by atoms with van der Waals surface area (Å²) in [6.45, 7) is 2.23. The van der Waals surface area contributed by atoms with Crippen LogP contribution in [0.25, 0.3) is 10.9 Å². The van der Waals surface area contributed by atoms with Gasteiger partial charge in [0.25, 0.3) is 0 Å². The van der Waals surface area contributed by atoms with E-state index in [1.165, 1.54) is 29.3 Å². The molecular weight excluding hydrogens is 182 g/mol. The van der Waals surface area contributed by atoms with Gasteiger partial charge in [0.1, 0.15) is 0 Å². The number of aromatic nitrogens is 1. The average molecular weight is 197 g/mol. The molecule has 1 unspecified atom stereocenters. The maximum absolute atomic E-state index is 2.42. The molecule has 2 aromatic rings. The summed E-state index contributed by atoms with van der Waals surface area (Å²) in [6, 6.07) is 11.5. The molecule has 1 aliphatic rings. The predicted octanol–water partition coefficient (Wildman–Crippen LogP) is 3.92. The van der Waals surface area contributed by atoms with Crippen molar-refractivity contribution in [3.8, 4) is 0 Å². The van der Waals surface area contributed by atoms with Crippen LogP contribution in [-0.2, 0) is 0 Å². The summed E-state index contributed by atoms with van der Waals surface area (Å²) in [5.74, 6) is 0. The fourth-order valence-electron chi connectivity index (χ4n) is 2.51. The highest BCUT2D eigenvalue weighted by molar-refractivity contribution is 5.80. The van der Waals surface area contributed by atoms with Gasteiger partial charge in [-0.25, -0.2) is 0 Å². The standard InChI is InChI=1S/C14H15N/c1-11-6-7-13(10-11)15-9-8-12-4-2-3-5-14(12)15/h2-6,8-9,13H,7,10H2,1H3. The van der Waals surface area contributed by atoms with E-state index in [-0.39, 0.29) is 0 Å². The highest BCUT2D eigenvalue weighted by Crippen LogP contribution is 2.32. The van der Waals surface area contributed by atoms with Gasteiger partial charge in [0.05, 0.1) is 0 Å². The lowest BCUT2D eigenvalue weighted by molar-refractivity contribution is 0.547. The van der Waals surface area contributed by atoms with Gasteiger partial charge in [-0.05, 0) is 37.3 Å². The van der Waals surface area contributed by atoms with Gasteiger partial charge in [-0.2, -0.15) is 0 Å². The normalized spacial score (nSPS) is 20.9. The van der Waals surface area contributed by atoms with E-state index in [9.17, 15) is 0 Å². The Morgan fingerprint density at radius 3 is 2.87 bits per heavy atom. The Morgan fingerprint density at radius 2 is 2.07 bits per heavy atom. The summed E-state index contributed by atoms with van der Waals surface area (Å²) < 4.78 is 2.42. The largest absolute Gasteiger partial charge is 0.344 e. The first-order chi connectivity index (χ1) is 7.34. The minimum absolute atomic E-state index is 0.643. The molecule has 0 saturated carbocycles. The van der Waals surface area contributed by atoms with Crippen LogP contribution in [-0.4, -0.2) is 4.57 Å². The molecule has 0 aliphatic heterocycles. The van der Waals surface area contributed by atoms with Gasteiger partial charge in [-0.1, -0.05) is 29.8 Å². The zero-order chi connectivity index (χ0) is 10.3. The number of benzene rings is 1. The predicted molar refractivity (Wildman–Crippen MR) is 64.0 cm³/mol. The highest BCUT2D eigenvalue weighted by atomic mass is 15.0. The van der Waals surface area contributed by atoms with Crippen LogP contribution in [0, 0.1) is 0 Å². The lowest BCUT2D eigenvalue weighted by Gasteiger charge is -2.13. The molecule has 0 N–H and O–H groups in total. The molecule has 15 heavy (non-hydrogen) atoms. The summed E-state index contributed by atoms with van der Waals surface area (Å²) in [5, 5.41) is 1.35. The Hall–Kier alpha value is -1.50. The maximum Gasteiger partial charge on any atom is 0.0483 e. The molecule has 0 spiro atoms. The SMILES string of the molecule is CC1=CCC(n2ccc3ccccc32)C1. The van der Waals surface area contributed by atoms with Crippen LogP contribution in [0.1, 0.15) is 25.8 Å². The minimum Gasteiger partial charge on any atom is -0.344 e. The van der Waals surface area contributed by atoms with E-state index in [4.69, 9.17) is 0 Å². The van der Waals surface area contributed by atoms with Crippen molar-refractivity contribution in [2.45, 2.75) is 25.8 Å². The van der Waals surface area contributed by atoms with Crippen molar-refractivity contribution < 1.29 is 0 Å². The minimum atomic E-state index is 0.643. The molecule has 1 nitrogen and oxygen atoms in total. The Bertz CT molecular complexity index is 519. The molecule has 0 bridgehead atoms. The quantitative estimate of drug-likeness (QED) is 0.610. The second kappa shape index (κ2) is 3.27. The van der Waals surface area contributed by atoms with Crippen molar-refractivity contribution in [2.24, 2.45) is 0 Å². The third-order valence-electron chi connectivity index (χ3n) is 3.32. The van der Waals surface area contributed by atoms with Crippen LogP contribution < -0.4 is 0 Å². The number of nitrogens with zero attached hydrogens (tertiary/aromatic N) is 1.